The Hall–Kier alpha value is 0. The van der Waals surface area contributed by atoms with Crippen molar-refractivity contribution in [3.05, 3.63) is 12.8 Å². The fourth-order valence-electron chi connectivity index (χ4n) is 1.85. The molecule has 2 aliphatic carbocycles. The van der Waals surface area contributed by atoms with E-state index in [2.05, 4.69) is 12.8 Å². The lowest BCUT2D eigenvalue weighted by atomic mass is 9.68. The van der Waals surface area contributed by atoms with Crippen LogP contribution in [0.3, 0.4) is 0 Å². The van der Waals surface area contributed by atoms with Crippen LogP contribution < -0.4 is 0 Å². The third kappa shape index (κ3) is 0.519. The second-order valence-electron chi connectivity index (χ2n) is 3.07. The summed E-state index contributed by atoms with van der Waals surface area (Å²) in [5, 5.41) is 0. The summed E-state index contributed by atoms with van der Waals surface area (Å²) in [7, 11) is 0. The molecule has 2 radical (unpaired) electrons. The number of hydrogen-bond donors (Lipinski definition) is 0. The molecule has 0 amide bonds. The smallest absolute Gasteiger partial charge is 0.0235 e. The van der Waals surface area contributed by atoms with Gasteiger partial charge in [-0.3, -0.25) is 0 Å². The van der Waals surface area contributed by atoms with Gasteiger partial charge < -0.3 is 0 Å². The maximum Gasteiger partial charge on any atom is -0.0235 e. The third-order valence-electron chi connectivity index (χ3n) is 2.56. The van der Waals surface area contributed by atoms with Crippen LogP contribution in [0.1, 0.15) is 32.1 Å². The number of hydrogen-bond acceptors (Lipinski definition) is 0. The lowest BCUT2D eigenvalue weighted by Crippen LogP contribution is -2.26. The minimum absolute atomic E-state index is 0.667. The zero-order valence-electron chi connectivity index (χ0n) is 5.19. The standard InChI is InChI=1S/C8H12/c1-2-5-8(4-1)6-3-7-8/h4,6H,1-3,5,7H2. The normalized spacial score (nSPS) is 33.0. The summed E-state index contributed by atoms with van der Waals surface area (Å²) in [6.07, 6.45) is 12.1. The van der Waals surface area contributed by atoms with Crippen LogP contribution in [0.5, 0.6) is 0 Å². The molecule has 0 heterocycles. The molecule has 0 aromatic rings. The quantitative estimate of drug-likeness (QED) is 0.447. The van der Waals surface area contributed by atoms with E-state index >= 15 is 0 Å². The molecule has 0 nitrogen and oxygen atoms in total. The van der Waals surface area contributed by atoms with Crippen molar-refractivity contribution in [3.63, 3.8) is 0 Å². The molecule has 0 N–H and O–H groups in total. The summed E-state index contributed by atoms with van der Waals surface area (Å²) in [4.78, 5) is 0. The first-order valence-corrected chi connectivity index (χ1v) is 3.60. The Morgan fingerprint density at radius 1 is 1.00 bits per heavy atom. The second-order valence-corrected chi connectivity index (χ2v) is 3.07. The molecule has 1 spiro atoms. The monoisotopic (exact) mass is 108 g/mol. The van der Waals surface area contributed by atoms with Crippen LogP contribution in [0.25, 0.3) is 0 Å². The third-order valence-corrected chi connectivity index (χ3v) is 2.56. The van der Waals surface area contributed by atoms with Crippen LogP contribution in [-0.4, -0.2) is 0 Å². The van der Waals surface area contributed by atoms with Crippen LogP contribution in [0, 0.1) is 18.3 Å². The summed E-state index contributed by atoms with van der Waals surface area (Å²) in [5.41, 5.74) is 0.667. The minimum Gasteiger partial charge on any atom is -0.0525 e. The van der Waals surface area contributed by atoms with Gasteiger partial charge in [0, 0.05) is 0 Å². The van der Waals surface area contributed by atoms with Crippen molar-refractivity contribution in [3.8, 4) is 0 Å². The van der Waals surface area contributed by atoms with Crippen LogP contribution in [0.15, 0.2) is 0 Å². The van der Waals surface area contributed by atoms with E-state index in [1.165, 1.54) is 32.1 Å². The van der Waals surface area contributed by atoms with Crippen molar-refractivity contribution in [1.29, 1.82) is 0 Å². The minimum atomic E-state index is 0.667. The maximum absolute atomic E-state index is 2.51. The topological polar surface area (TPSA) is 0 Å². The fourth-order valence-corrected chi connectivity index (χ4v) is 1.85. The molecule has 0 heteroatoms. The summed E-state index contributed by atoms with van der Waals surface area (Å²) in [5.74, 6) is 0. The molecule has 0 aromatic carbocycles. The zero-order valence-corrected chi connectivity index (χ0v) is 5.19. The van der Waals surface area contributed by atoms with E-state index < -0.39 is 0 Å². The molecule has 44 valence electrons. The first kappa shape index (κ1) is 4.84. The summed E-state index contributed by atoms with van der Waals surface area (Å²) < 4.78 is 0. The van der Waals surface area contributed by atoms with Gasteiger partial charge in [-0.05, 0) is 43.9 Å². The van der Waals surface area contributed by atoms with E-state index in [0.717, 1.165) is 0 Å². The van der Waals surface area contributed by atoms with Gasteiger partial charge in [0.1, 0.15) is 0 Å². The van der Waals surface area contributed by atoms with Crippen LogP contribution in [-0.2, 0) is 0 Å². The Labute approximate surface area is 51.3 Å². The maximum atomic E-state index is 2.51. The average Bonchev–Trinajstić information content (AvgIpc) is 2.07. The molecule has 2 fully saturated rings. The highest BCUT2D eigenvalue weighted by atomic mass is 14.4. The molecule has 0 aromatic heterocycles. The highest BCUT2D eigenvalue weighted by Gasteiger charge is 2.39. The molecule has 2 saturated carbocycles. The Bertz CT molecular complexity index is 82.2. The lowest BCUT2D eigenvalue weighted by Gasteiger charge is -2.37. The first-order valence-electron chi connectivity index (χ1n) is 3.60. The van der Waals surface area contributed by atoms with E-state index in [0.29, 0.717) is 5.41 Å². The Morgan fingerprint density at radius 2 is 1.75 bits per heavy atom. The van der Waals surface area contributed by atoms with E-state index in [9.17, 15) is 0 Å². The largest absolute Gasteiger partial charge is 0.0525 e. The molecule has 0 saturated heterocycles. The van der Waals surface area contributed by atoms with Crippen LogP contribution in [0.2, 0.25) is 0 Å². The highest BCUT2D eigenvalue weighted by Crippen LogP contribution is 2.51. The predicted molar refractivity (Wildman–Crippen MR) is 34.1 cm³/mol. The highest BCUT2D eigenvalue weighted by molar-refractivity contribution is 5.12. The van der Waals surface area contributed by atoms with Gasteiger partial charge in [-0.2, -0.15) is 0 Å². The molecule has 2 aliphatic rings. The molecule has 0 aliphatic heterocycles. The van der Waals surface area contributed by atoms with E-state index in [-0.39, 0.29) is 0 Å². The summed E-state index contributed by atoms with van der Waals surface area (Å²) >= 11 is 0. The van der Waals surface area contributed by atoms with Gasteiger partial charge >= 0.3 is 0 Å². The molecular weight excluding hydrogens is 96.1 g/mol. The predicted octanol–water partition coefficient (Wildman–Crippen LogP) is 2.36. The first-order chi connectivity index (χ1) is 3.91. The van der Waals surface area contributed by atoms with Crippen molar-refractivity contribution >= 4 is 0 Å². The van der Waals surface area contributed by atoms with Gasteiger partial charge in [0.2, 0.25) is 0 Å². The van der Waals surface area contributed by atoms with E-state index in [4.69, 9.17) is 0 Å². The van der Waals surface area contributed by atoms with Gasteiger partial charge in [-0.25, -0.2) is 0 Å². The van der Waals surface area contributed by atoms with Gasteiger partial charge in [0.15, 0.2) is 0 Å². The van der Waals surface area contributed by atoms with Crippen molar-refractivity contribution in [1.82, 2.24) is 0 Å². The molecule has 8 heavy (non-hydrogen) atoms. The van der Waals surface area contributed by atoms with Gasteiger partial charge in [-0.15, -0.1) is 0 Å². The Kier molecular flexibility index (Phi) is 0.902. The lowest BCUT2D eigenvalue weighted by molar-refractivity contribution is 0.292. The SMILES string of the molecule is [CH]1CCCC12[CH]CC2. The molecule has 1 atom stereocenters. The second kappa shape index (κ2) is 1.49. The molecular formula is C8H12. The fraction of sp³-hybridized carbons (Fsp3) is 0.750. The van der Waals surface area contributed by atoms with Gasteiger partial charge in [-0.1, -0.05) is 6.42 Å². The van der Waals surface area contributed by atoms with Crippen LogP contribution in [0.4, 0.5) is 0 Å². The number of rotatable bonds is 0. The zero-order chi connectivity index (χ0) is 5.45. The molecule has 2 rings (SSSR count). The van der Waals surface area contributed by atoms with Gasteiger partial charge in [0.05, 0.1) is 0 Å². The summed E-state index contributed by atoms with van der Waals surface area (Å²) in [6.45, 7) is 0. The van der Waals surface area contributed by atoms with E-state index in [1.54, 1.807) is 0 Å². The Morgan fingerprint density at radius 3 is 2.00 bits per heavy atom. The summed E-state index contributed by atoms with van der Waals surface area (Å²) in [6, 6.07) is 0. The van der Waals surface area contributed by atoms with Crippen molar-refractivity contribution < 1.29 is 0 Å². The van der Waals surface area contributed by atoms with Crippen molar-refractivity contribution in [2.24, 2.45) is 5.41 Å². The Balaban J connectivity index is 2.01. The average molecular weight is 108 g/mol. The van der Waals surface area contributed by atoms with Crippen molar-refractivity contribution in [2.45, 2.75) is 32.1 Å². The van der Waals surface area contributed by atoms with Crippen molar-refractivity contribution in [2.75, 3.05) is 0 Å². The van der Waals surface area contributed by atoms with E-state index in [1.807, 2.05) is 0 Å². The van der Waals surface area contributed by atoms with Crippen LogP contribution >= 0.6 is 0 Å². The molecule has 0 bridgehead atoms. The van der Waals surface area contributed by atoms with Gasteiger partial charge in [0.25, 0.3) is 0 Å². The molecule has 1 unspecified atom stereocenters.